The van der Waals surface area contributed by atoms with Gasteiger partial charge in [-0.25, -0.2) is 9.97 Å². The molecule has 5 nitrogen and oxygen atoms in total. The summed E-state index contributed by atoms with van der Waals surface area (Å²) in [6.45, 7) is 3.90. The standard InChI is InChI=1S/C17H13ClN4OS2/c1-9-14(25-10(2)19-9)16-21-22-17(23-16)24-8-12-7-11-5-3-4-6-13(11)20-15(12)18/h3-7H,8H2,1-2H3. The van der Waals surface area contributed by atoms with Crippen LogP contribution in [0.5, 0.6) is 0 Å². The van der Waals surface area contributed by atoms with E-state index in [1.54, 1.807) is 11.3 Å². The van der Waals surface area contributed by atoms with Crippen LogP contribution in [0, 0.1) is 13.8 Å². The van der Waals surface area contributed by atoms with E-state index in [0.29, 0.717) is 22.0 Å². The summed E-state index contributed by atoms with van der Waals surface area (Å²) < 4.78 is 5.76. The summed E-state index contributed by atoms with van der Waals surface area (Å²) in [5.41, 5.74) is 2.73. The zero-order chi connectivity index (χ0) is 17.4. The van der Waals surface area contributed by atoms with Crippen molar-refractivity contribution in [3.8, 4) is 10.8 Å². The monoisotopic (exact) mass is 388 g/mol. The maximum Gasteiger partial charge on any atom is 0.277 e. The number of fused-ring (bicyclic) bond motifs is 1. The molecule has 0 atom stereocenters. The molecule has 0 aliphatic rings. The Morgan fingerprint density at radius 2 is 2.00 bits per heavy atom. The summed E-state index contributed by atoms with van der Waals surface area (Å²) in [6.07, 6.45) is 0. The Labute approximate surface area is 157 Å². The second-order valence-corrected chi connectivity index (χ2v) is 7.93. The van der Waals surface area contributed by atoms with E-state index in [9.17, 15) is 0 Å². The number of nitrogens with zero attached hydrogens (tertiary/aromatic N) is 4. The minimum Gasteiger partial charge on any atom is -0.410 e. The fourth-order valence-electron chi connectivity index (χ4n) is 2.47. The van der Waals surface area contributed by atoms with E-state index in [4.69, 9.17) is 16.0 Å². The van der Waals surface area contributed by atoms with E-state index >= 15 is 0 Å². The quantitative estimate of drug-likeness (QED) is 0.349. The molecule has 0 spiro atoms. The highest BCUT2D eigenvalue weighted by atomic mass is 35.5. The van der Waals surface area contributed by atoms with E-state index in [-0.39, 0.29) is 0 Å². The third kappa shape index (κ3) is 3.40. The molecule has 0 saturated heterocycles. The topological polar surface area (TPSA) is 64.7 Å². The lowest BCUT2D eigenvalue weighted by molar-refractivity contribution is 0.466. The minimum absolute atomic E-state index is 0.500. The number of para-hydroxylation sites is 1. The van der Waals surface area contributed by atoms with Crippen LogP contribution in [0.3, 0.4) is 0 Å². The molecule has 0 aliphatic carbocycles. The van der Waals surface area contributed by atoms with Gasteiger partial charge in [0.2, 0.25) is 0 Å². The van der Waals surface area contributed by atoms with Crippen LogP contribution in [-0.4, -0.2) is 20.2 Å². The maximum atomic E-state index is 6.30. The van der Waals surface area contributed by atoms with Crippen molar-refractivity contribution in [3.05, 3.63) is 51.7 Å². The number of rotatable bonds is 4. The largest absolute Gasteiger partial charge is 0.410 e. The highest BCUT2D eigenvalue weighted by Crippen LogP contribution is 2.32. The van der Waals surface area contributed by atoms with Crippen LogP contribution >= 0.6 is 34.7 Å². The van der Waals surface area contributed by atoms with E-state index < -0.39 is 0 Å². The maximum absolute atomic E-state index is 6.30. The normalized spacial score (nSPS) is 11.3. The van der Waals surface area contributed by atoms with E-state index in [1.165, 1.54) is 11.8 Å². The smallest absolute Gasteiger partial charge is 0.277 e. The number of benzene rings is 1. The number of pyridine rings is 1. The molecule has 126 valence electrons. The molecule has 25 heavy (non-hydrogen) atoms. The van der Waals surface area contributed by atoms with Crippen LogP contribution < -0.4 is 0 Å². The molecule has 0 fully saturated rings. The van der Waals surface area contributed by atoms with Crippen molar-refractivity contribution < 1.29 is 4.42 Å². The SMILES string of the molecule is Cc1nc(C)c(-c2nnc(SCc3cc4ccccc4nc3Cl)o2)s1. The van der Waals surface area contributed by atoms with Gasteiger partial charge in [-0.05, 0) is 26.0 Å². The molecule has 3 aromatic heterocycles. The Hall–Kier alpha value is -1.96. The zero-order valence-corrected chi connectivity index (χ0v) is 15.9. The molecule has 0 bridgehead atoms. The average Bonchev–Trinajstić information content (AvgIpc) is 3.18. The van der Waals surface area contributed by atoms with Gasteiger partial charge in [0.15, 0.2) is 0 Å². The molecule has 4 aromatic rings. The second-order valence-electron chi connectivity index (χ2n) is 5.44. The molecular weight excluding hydrogens is 376 g/mol. The number of thiazole rings is 1. The van der Waals surface area contributed by atoms with Crippen LogP contribution in [0.1, 0.15) is 16.3 Å². The fourth-order valence-corrected chi connectivity index (χ4v) is 4.33. The van der Waals surface area contributed by atoms with Gasteiger partial charge in [-0.1, -0.05) is 41.6 Å². The van der Waals surface area contributed by atoms with Gasteiger partial charge in [0.05, 0.1) is 16.2 Å². The predicted molar refractivity (Wildman–Crippen MR) is 101 cm³/mol. The number of thioether (sulfide) groups is 1. The molecule has 0 radical (unpaired) electrons. The lowest BCUT2D eigenvalue weighted by atomic mass is 10.2. The van der Waals surface area contributed by atoms with Crippen molar-refractivity contribution in [3.63, 3.8) is 0 Å². The first-order valence-corrected chi connectivity index (χ1v) is 9.73. The van der Waals surface area contributed by atoms with Gasteiger partial charge in [-0.15, -0.1) is 21.5 Å². The molecular formula is C17H13ClN4OS2. The van der Waals surface area contributed by atoms with Gasteiger partial charge < -0.3 is 4.42 Å². The van der Waals surface area contributed by atoms with E-state index in [0.717, 1.165) is 32.0 Å². The molecule has 0 saturated carbocycles. The van der Waals surface area contributed by atoms with Crippen molar-refractivity contribution >= 4 is 45.6 Å². The van der Waals surface area contributed by atoms with Crippen molar-refractivity contribution in [2.75, 3.05) is 0 Å². The summed E-state index contributed by atoms with van der Waals surface area (Å²) in [7, 11) is 0. The third-order valence-corrected chi connectivity index (χ3v) is 5.86. The van der Waals surface area contributed by atoms with Crippen molar-refractivity contribution in [2.45, 2.75) is 24.8 Å². The highest BCUT2D eigenvalue weighted by molar-refractivity contribution is 7.98. The number of hydrogen-bond donors (Lipinski definition) is 0. The molecule has 8 heteroatoms. The van der Waals surface area contributed by atoms with Gasteiger partial charge in [-0.2, -0.15) is 0 Å². The average molecular weight is 389 g/mol. The fraction of sp³-hybridized carbons (Fsp3) is 0.176. The molecule has 0 N–H and O–H groups in total. The van der Waals surface area contributed by atoms with Crippen molar-refractivity contribution in [1.29, 1.82) is 0 Å². The molecule has 0 aliphatic heterocycles. The minimum atomic E-state index is 0.500. The zero-order valence-electron chi connectivity index (χ0n) is 13.5. The first kappa shape index (κ1) is 16.5. The summed E-state index contributed by atoms with van der Waals surface area (Å²) >= 11 is 9.29. The Balaban J connectivity index is 1.54. The Morgan fingerprint density at radius 1 is 1.16 bits per heavy atom. The third-order valence-electron chi connectivity index (χ3n) is 3.61. The second kappa shape index (κ2) is 6.74. The Morgan fingerprint density at radius 3 is 2.80 bits per heavy atom. The first-order chi connectivity index (χ1) is 12.1. The summed E-state index contributed by atoms with van der Waals surface area (Å²) in [4.78, 5) is 9.74. The van der Waals surface area contributed by atoms with Gasteiger partial charge in [0.25, 0.3) is 11.1 Å². The Bertz CT molecular complexity index is 1060. The molecule has 1 aromatic carbocycles. The molecule has 3 heterocycles. The van der Waals surface area contributed by atoms with Gasteiger partial charge in [0.1, 0.15) is 10.0 Å². The number of aromatic nitrogens is 4. The summed E-state index contributed by atoms with van der Waals surface area (Å²) in [5.74, 6) is 1.12. The lowest BCUT2D eigenvalue weighted by Gasteiger charge is -2.04. The number of halogens is 1. The molecule has 0 unspecified atom stereocenters. The summed E-state index contributed by atoms with van der Waals surface area (Å²) in [6, 6.07) is 9.95. The number of aryl methyl sites for hydroxylation is 2. The first-order valence-electron chi connectivity index (χ1n) is 7.55. The van der Waals surface area contributed by atoms with Crippen LogP contribution in [0.4, 0.5) is 0 Å². The summed E-state index contributed by atoms with van der Waals surface area (Å²) in [5, 5.41) is 11.3. The predicted octanol–water partition coefficient (Wildman–Crippen LogP) is 5.30. The van der Waals surface area contributed by atoms with E-state index in [2.05, 4.69) is 20.2 Å². The molecule has 4 rings (SSSR count). The highest BCUT2D eigenvalue weighted by Gasteiger charge is 2.15. The van der Waals surface area contributed by atoms with Gasteiger partial charge >= 0.3 is 0 Å². The van der Waals surface area contributed by atoms with Crippen molar-refractivity contribution in [2.24, 2.45) is 0 Å². The van der Waals surface area contributed by atoms with Crippen LogP contribution in [-0.2, 0) is 5.75 Å². The van der Waals surface area contributed by atoms with Gasteiger partial charge in [0, 0.05) is 16.7 Å². The van der Waals surface area contributed by atoms with Crippen LogP contribution in [0.25, 0.3) is 21.7 Å². The van der Waals surface area contributed by atoms with E-state index in [1.807, 2.05) is 44.2 Å². The number of hydrogen-bond acceptors (Lipinski definition) is 7. The van der Waals surface area contributed by atoms with Gasteiger partial charge in [-0.3, -0.25) is 0 Å². The Kier molecular flexibility index (Phi) is 4.45. The molecule has 0 amide bonds. The van der Waals surface area contributed by atoms with Crippen LogP contribution in [0.15, 0.2) is 40.0 Å². The van der Waals surface area contributed by atoms with Crippen LogP contribution in [0.2, 0.25) is 5.15 Å². The lowest BCUT2D eigenvalue weighted by Crippen LogP contribution is -1.88. The van der Waals surface area contributed by atoms with Crippen molar-refractivity contribution in [1.82, 2.24) is 20.2 Å².